The van der Waals surface area contributed by atoms with E-state index in [1.165, 1.54) is 6.20 Å². The van der Waals surface area contributed by atoms with Crippen LogP contribution >= 0.6 is 11.3 Å². The maximum Gasteiger partial charge on any atom is 0.305 e. The molecule has 0 aliphatic heterocycles. The lowest BCUT2D eigenvalue weighted by molar-refractivity contribution is 0.103. The van der Waals surface area contributed by atoms with Crippen LogP contribution in [0.5, 0.6) is 0 Å². The average molecular weight is 220 g/mol. The standard InChI is InChI=1S/C10H8N2O2S/c1-6-3-2-4-11-8(6)9(13)7-5-12-10(14)15-7/h2-5H,1H3,(H,12,14). The van der Waals surface area contributed by atoms with E-state index in [9.17, 15) is 9.59 Å². The van der Waals surface area contributed by atoms with E-state index in [-0.39, 0.29) is 10.7 Å². The zero-order valence-corrected chi connectivity index (χ0v) is 8.80. The molecule has 0 atom stereocenters. The Morgan fingerprint density at radius 1 is 1.53 bits per heavy atom. The predicted molar refractivity (Wildman–Crippen MR) is 57.3 cm³/mol. The lowest BCUT2D eigenvalue weighted by Gasteiger charge is -1.99. The third kappa shape index (κ3) is 1.87. The van der Waals surface area contributed by atoms with Gasteiger partial charge in [0.05, 0.1) is 4.88 Å². The summed E-state index contributed by atoms with van der Waals surface area (Å²) in [5, 5.41) is 0. The fourth-order valence-electron chi connectivity index (χ4n) is 1.24. The number of carbonyl (C=O) groups excluding carboxylic acids is 1. The summed E-state index contributed by atoms with van der Waals surface area (Å²) < 4.78 is 0. The van der Waals surface area contributed by atoms with Gasteiger partial charge in [0.15, 0.2) is 0 Å². The number of thiazole rings is 1. The van der Waals surface area contributed by atoms with Crippen LogP contribution in [-0.4, -0.2) is 15.8 Å². The van der Waals surface area contributed by atoms with Gasteiger partial charge in [-0.15, -0.1) is 0 Å². The first-order valence-corrected chi connectivity index (χ1v) is 5.15. The van der Waals surface area contributed by atoms with Crippen molar-refractivity contribution in [2.75, 3.05) is 0 Å². The molecule has 0 unspecified atom stereocenters. The number of aromatic nitrogens is 2. The summed E-state index contributed by atoms with van der Waals surface area (Å²) in [4.78, 5) is 29.4. The number of aryl methyl sites for hydroxylation is 1. The minimum absolute atomic E-state index is 0.212. The molecule has 4 nitrogen and oxygen atoms in total. The average Bonchev–Trinajstić information content (AvgIpc) is 2.65. The quantitative estimate of drug-likeness (QED) is 0.777. The Balaban J connectivity index is 2.45. The maximum atomic E-state index is 11.9. The second-order valence-electron chi connectivity index (χ2n) is 3.04. The number of H-pyrrole nitrogens is 1. The molecule has 76 valence electrons. The molecule has 0 aromatic carbocycles. The summed E-state index contributed by atoms with van der Waals surface area (Å²) in [5.74, 6) is -0.212. The van der Waals surface area contributed by atoms with E-state index in [1.54, 1.807) is 12.3 Å². The van der Waals surface area contributed by atoms with Crippen LogP contribution in [0.15, 0.2) is 29.3 Å². The summed E-state index contributed by atoms with van der Waals surface area (Å²) in [5.41, 5.74) is 1.20. The van der Waals surface area contributed by atoms with Crippen molar-refractivity contribution in [2.24, 2.45) is 0 Å². The van der Waals surface area contributed by atoms with Gasteiger partial charge in [-0.1, -0.05) is 17.4 Å². The molecule has 2 rings (SSSR count). The highest BCUT2D eigenvalue weighted by molar-refractivity contribution is 7.11. The maximum absolute atomic E-state index is 11.9. The molecule has 0 fully saturated rings. The van der Waals surface area contributed by atoms with Crippen molar-refractivity contribution in [3.05, 3.63) is 50.3 Å². The van der Waals surface area contributed by atoms with Crippen molar-refractivity contribution in [1.29, 1.82) is 0 Å². The summed E-state index contributed by atoms with van der Waals surface area (Å²) in [6.07, 6.45) is 2.99. The minimum Gasteiger partial charge on any atom is -0.319 e. The van der Waals surface area contributed by atoms with Gasteiger partial charge in [-0.3, -0.25) is 14.6 Å². The van der Waals surface area contributed by atoms with Gasteiger partial charge >= 0.3 is 4.87 Å². The molecule has 2 aromatic rings. The van der Waals surface area contributed by atoms with E-state index in [4.69, 9.17) is 0 Å². The highest BCUT2D eigenvalue weighted by Gasteiger charge is 2.14. The molecule has 2 aromatic heterocycles. The van der Waals surface area contributed by atoms with E-state index in [2.05, 4.69) is 9.97 Å². The minimum atomic E-state index is -0.230. The Kier molecular flexibility index (Phi) is 2.47. The van der Waals surface area contributed by atoms with Crippen LogP contribution < -0.4 is 4.87 Å². The van der Waals surface area contributed by atoms with Crippen molar-refractivity contribution >= 4 is 17.1 Å². The Morgan fingerprint density at radius 3 is 2.93 bits per heavy atom. The molecule has 0 radical (unpaired) electrons. The van der Waals surface area contributed by atoms with Gasteiger partial charge < -0.3 is 4.98 Å². The molecule has 0 aliphatic rings. The van der Waals surface area contributed by atoms with Gasteiger partial charge in [0.2, 0.25) is 5.78 Å². The number of pyridine rings is 1. The molecule has 0 saturated heterocycles. The van der Waals surface area contributed by atoms with Crippen LogP contribution in [0.2, 0.25) is 0 Å². The number of carbonyl (C=O) groups is 1. The van der Waals surface area contributed by atoms with Crippen molar-refractivity contribution in [3.63, 3.8) is 0 Å². The molecular formula is C10H8N2O2S. The van der Waals surface area contributed by atoms with Gasteiger partial charge in [-0.25, -0.2) is 0 Å². The highest BCUT2D eigenvalue weighted by Crippen LogP contribution is 2.11. The molecule has 0 saturated carbocycles. The number of hydrogen-bond acceptors (Lipinski definition) is 4. The largest absolute Gasteiger partial charge is 0.319 e. The Labute approximate surface area is 89.6 Å². The molecule has 0 amide bonds. The van der Waals surface area contributed by atoms with Crippen LogP contribution in [0.3, 0.4) is 0 Å². The number of hydrogen-bond donors (Lipinski definition) is 1. The Bertz CT molecular complexity index is 556. The van der Waals surface area contributed by atoms with E-state index in [0.29, 0.717) is 10.6 Å². The van der Waals surface area contributed by atoms with Gasteiger partial charge in [0, 0.05) is 12.4 Å². The molecule has 2 heterocycles. The summed E-state index contributed by atoms with van der Waals surface area (Å²) >= 11 is 0.899. The Hall–Kier alpha value is -1.75. The fraction of sp³-hybridized carbons (Fsp3) is 0.100. The summed E-state index contributed by atoms with van der Waals surface area (Å²) in [6, 6.07) is 3.58. The smallest absolute Gasteiger partial charge is 0.305 e. The van der Waals surface area contributed by atoms with E-state index < -0.39 is 0 Å². The van der Waals surface area contributed by atoms with E-state index >= 15 is 0 Å². The first-order chi connectivity index (χ1) is 7.18. The molecule has 0 aliphatic carbocycles. The second kappa shape index (κ2) is 3.78. The van der Waals surface area contributed by atoms with Crippen molar-refractivity contribution in [2.45, 2.75) is 6.92 Å². The summed E-state index contributed by atoms with van der Waals surface area (Å²) in [7, 11) is 0. The second-order valence-corrected chi connectivity index (χ2v) is 4.06. The van der Waals surface area contributed by atoms with E-state index in [0.717, 1.165) is 16.9 Å². The molecule has 15 heavy (non-hydrogen) atoms. The Morgan fingerprint density at radius 2 is 2.33 bits per heavy atom. The van der Waals surface area contributed by atoms with Gasteiger partial charge in [-0.2, -0.15) is 0 Å². The van der Waals surface area contributed by atoms with Crippen molar-refractivity contribution < 1.29 is 4.79 Å². The van der Waals surface area contributed by atoms with Gasteiger partial charge in [0.25, 0.3) is 0 Å². The van der Waals surface area contributed by atoms with Gasteiger partial charge in [-0.05, 0) is 18.6 Å². The number of rotatable bonds is 2. The lowest BCUT2D eigenvalue weighted by atomic mass is 10.1. The predicted octanol–water partition coefficient (Wildman–Crippen LogP) is 1.37. The topological polar surface area (TPSA) is 62.8 Å². The number of ketones is 1. The van der Waals surface area contributed by atoms with Crippen molar-refractivity contribution in [3.8, 4) is 0 Å². The van der Waals surface area contributed by atoms with Crippen LogP contribution in [-0.2, 0) is 0 Å². The first-order valence-electron chi connectivity index (χ1n) is 4.33. The van der Waals surface area contributed by atoms with Crippen LogP contribution in [0.4, 0.5) is 0 Å². The van der Waals surface area contributed by atoms with Crippen molar-refractivity contribution in [1.82, 2.24) is 9.97 Å². The fourth-order valence-corrected chi connectivity index (χ4v) is 1.86. The molecular weight excluding hydrogens is 212 g/mol. The molecule has 5 heteroatoms. The number of aromatic amines is 1. The monoisotopic (exact) mass is 220 g/mol. The highest BCUT2D eigenvalue weighted by atomic mass is 32.1. The van der Waals surface area contributed by atoms with Crippen LogP contribution in [0, 0.1) is 6.92 Å². The summed E-state index contributed by atoms with van der Waals surface area (Å²) in [6.45, 7) is 1.82. The van der Waals surface area contributed by atoms with Gasteiger partial charge in [0.1, 0.15) is 5.69 Å². The third-order valence-corrected chi connectivity index (χ3v) is 2.80. The normalized spacial score (nSPS) is 10.2. The third-order valence-electron chi connectivity index (χ3n) is 1.97. The zero-order valence-electron chi connectivity index (χ0n) is 7.98. The molecule has 0 bridgehead atoms. The molecule has 0 spiro atoms. The molecule has 1 N–H and O–H groups in total. The SMILES string of the molecule is Cc1cccnc1C(=O)c1c[nH]c(=O)s1. The zero-order chi connectivity index (χ0) is 10.8. The first kappa shape index (κ1) is 9.79. The number of nitrogens with zero attached hydrogens (tertiary/aromatic N) is 1. The van der Waals surface area contributed by atoms with Crippen LogP contribution in [0.25, 0.3) is 0 Å². The van der Waals surface area contributed by atoms with Crippen LogP contribution in [0.1, 0.15) is 20.9 Å². The lowest BCUT2D eigenvalue weighted by Crippen LogP contribution is -2.04. The number of nitrogens with one attached hydrogen (secondary N) is 1. The van der Waals surface area contributed by atoms with E-state index in [1.807, 2.05) is 13.0 Å².